The molecule has 0 spiro atoms. The molecule has 4 aromatic carbocycles. The predicted octanol–water partition coefficient (Wildman–Crippen LogP) is 7.34. The Morgan fingerprint density at radius 2 is 1.03 bits per heavy atom. The minimum Gasteiger partial charge on any atom is -1.00 e. The van der Waals surface area contributed by atoms with Gasteiger partial charge in [0.2, 0.25) is 0 Å². The number of ether oxygens (including phenoxy) is 1. The van der Waals surface area contributed by atoms with Crippen LogP contribution in [0, 0.1) is 0 Å². The molecule has 58 heavy (non-hydrogen) atoms. The molecule has 1 N–H and O–H groups in total. The van der Waals surface area contributed by atoms with Crippen LogP contribution in [-0.2, 0) is 54.3 Å². The molecule has 5 rings (SSSR count). The summed E-state index contributed by atoms with van der Waals surface area (Å²) >= 11 is 22.3. The number of carbonyl (C=O) groups is 2. The van der Waals surface area contributed by atoms with Gasteiger partial charge in [-0.25, -0.2) is 0 Å². The van der Waals surface area contributed by atoms with Crippen molar-refractivity contribution in [1.82, 2.24) is 0 Å². The van der Waals surface area contributed by atoms with Crippen molar-refractivity contribution in [3.8, 4) is 0 Å². The summed E-state index contributed by atoms with van der Waals surface area (Å²) in [4.78, 5) is 20.0. The maximum atomic E-state index is 10.6. The Kier molecular flexibility index (Phi) is 43.0. The maximum Gasteiger partial charge on any atom is 1.00 e. The molecule has 0 unspecified atom stereocenters. The Labute approximate surface area is 420 Å². The third kappa shape index (κ3) is 41.5. The van der Waals surface area contributed by atoms with E-state index < -0.39 is 10.1 Å². The first kappa shape index (κ1) is 62.4. The second kappa shape index (κ2) is 40.0. The van der Waals surface area contributed by atoms with Crippen LogP contribution in [0.5, 0.6) is 0 Å². The fourth-order valence-corrected chi connectivity index (χ4v) is 6.32. The topological polar surface area (TPSA) is 107 Å². The van der Waals surface area contributed by atoms with E-state index in [1.54, 1.807) is 6.92 Å². The first-order chi connectivity index (χ1) is 26.5. The summed E-state index contributed by atoms with van der Waals surface area (Å²) in [7, 11) is -3.31. The van der Waals surface area contributed by atoms with E-state index in [9.17, 15) is 18.0 Å². The summed E-state index contributed by atoms with van der Waals surface area (Å²) in [5.74, 6) is 1.79. The predicted molar refractivity (Wildman–Crippen MR) is 267 cm³/mol. The second-order valence-electron chi connectivity index (χ2n) is 11.7. The normalized spacial score (nSPS) is 10.9. The molecule has 7 nitrogen and oxygen atoms in total. The fourth-order valence-electron chi connectivity index (χ4n) is 4.00. The van der Waals surface area contributed by atoms with Gasteiger partial charge in [0.05, 0.1) is 12.9 Å². The summed E-state index contributed by atoms with van der Waals surface area (Å²) in [5.41, 5.74) is 4.85. The van der Waals surface area contributed by atoms with E-state index in [4.69, 9.17) is 9.84 Å². The molecule has 17 heteroatoms. The second-order valence-corrected chi connectivity index (χ2v) is 19.3. The van der Waals surface area contributed by atoms with E-state index in [-0.39, 0.29) is 61.1 Å². The van der Waals surface area contributed by atoms with Crippen LogP contribution < -0.4 is 18.9 Å². The van der Waals surface area contributed by atoms with Crippen molar-refractivity contribution in [3.05, 3.63) is 137 Å². The number of hydrogen-bond acceptors (Lipinski definition) is 9. The number of rotatable bonds is 11. The fraction of sp³-hybridized carbons (Fsp3) is 0.366. The van der Waals surface area contributed by atoms with Gasteiger partial charge in [0.1, 0.15) is 0 Å². The Morgan fingerprint density at radius 3 is 1.31 bits per heavy atom. The van der Waals surface area contributed by atoms with Crippen molar-refractivity contribution >= 4 is 138 Å². The zero-order chi connectivity index (χ0) is 42.2. The van der Waals surface area contributed by atoms with Crippen molar-refractivity contribution in [3.63, 3.8) is 0 Å². The van der Waals surface area contributed by atoms with Crippen LogP contribution >= 0.6 is 101 Å². The van der Waals surface area contributed by atoms with E-state index >= 15 is 0 Å². The van der Waals surface area contributed by atoms with Gasteiger partial charge in [-0.1, -0.05) is 124 Å². The van der Waals surface area contributed by atoms with Gasteiger partial charge in [-0.05, 0) is 115 Å². The number of aryl methyl sites for hydroxylation is 2. The van der Waals surface area contributed by atoms with Crippen LogP contribution in [0.4, 0.5) is 0 Å². The van der Waals surface area contributed by atoms with E-state index in [0.717, 1.165) is 73.7 Å². The van der Waals surface area contributed by atoms with Crippen molar-refractivity contribution in [2.75, 3.05) is 44.2 Å². The first-order valence-corrected chi connectivity index (χ1v) is 24.5. The molecule has 0 aromatic heterocycles. The van der Waals surface area contributed by atoms with Crippen molar-refractivity contribution in [2.45, 2.75) is 52.4 Å². The van der Waals surface area contributed by atoms with Gasteiger partial charge in [0, 0.05) is 57.3 Å². The molecule has 0 bridgehead atoms. The number of carbonyl (C=O) groups excluding carboxylic acids is 2. The Bertz CT molecular complexity index is 1670. The Balaban J connectivity index is -0.000000316. The third-order valence-corrected chi connectivity index (χ3v) is 10.4. The number of hydrogen-bond donors (Lipinski definition) is 3. The maximum absolute atomic E-state index is 10.6. The molecule has 0 saturated carbocycles. The van der Waals surface area contributed by atoms with Crippen molar-refractivity contribution in [1.29, 1.82) is 0 Å². The SMILES string of the molecule is C1CCOC1.CC(=O)S.CC(=O)SCCc1ccc(Br)cc1.CS(=O)(=O)OCCc1ccc(Br)cc1.OCCc1ccc(Br)cc1.SCCc1ccc(Br)cc1.[AlH3].[H-].[Li+]. The quantitative estimate of drug-likeness (QED) is 0.0816. The molecule has 1 saturated heterocycles. The van der Waals surface area contributed by atoms with Gasteiger partial charge >= 0.3 is 18.9 Å². The molecule has 0 aliphatic carbocycles. The molecule has 4 aromatic rings. The molecule has 1 aliphatic rings. The number of aliphatic hydroxyl groups excluding tert-OH is 1. The average Bonchev–Trinajstić information content (AvgIpc) is 3.73. The van der Waals surface area contributed by atoms with Gasteiger partial charge in [0.15, 0.2) is 27.6 Å². The number of thiol groups is 2. The van der Waals surface area contributed by atoms with Crippen molar-refractivity contribution in [2.24, 2.45) is 0 Å². The summed E-state index contributed by atoms with van der Waals surface area (Å²) in [5, 5.41) is 8.63. The van der Waals surface area contributed by atoms with Gasteiger partial charge < -0.3 is 11.3 Å². The van der Waals surface area contributed by atoms with Gasteiger partial charge in [-0.3, -0.25) is 13.8 Å². The molecule has 1 heterocycles. The van der Waals surface area contributed by atoms with Crippen molar-refractivity contribution < 1.29 is 52.3 Å². The standard InChI is InChI=1S/C10H11BrOS.C9H11BrO3S.C8H9BrO.C8H9BrS.C4H8O.C2H4OS.Al.Li.4H/c1-8(12)13-7-6-9-2-4-10(11)5-3-9;1-14(11,12)13-7-6-8-2-4-9(10)5-3-8;2*9-8-3-1-7(2-4-8)5-6-10;1-2-4-5-3-1;1-2(3)4;;;;;;/h2-5H,6-7H2,1H3;2-5H,6-7H2,1H3;2*1-4,10H,5-6H2;1-4H2;1H3,(H,3,4);;;;;;/q;;;;;;;+1;;;;-1. The molecular weight excluding hydrogens is 1090 g/mol. The Hall–Kier alpha value is 0.150. The van der Waals surface area contributed by atoms with Gasteiger partial charge in [0.25, 0.3) is 10.1 Å². The summed E-state index contributed by atoms with van der Waals surface area (Å²) in [6.45, 7) is 5.41. The zero-order valence-corrected chi connectivity index (χ0v) is 42.6. The van der Waals surface area contributed by atoms with E-state index in [1.165, 1.54) is 48.2 Å². The van der Waals surface area contributed by atoms with Crippen LogP contribution in [-0.4, -0.2) is 85.3 Å². The minimum absolute atomic E-state index is 0. The average molecular weight is 1140 g/mol. The zero-order valence-electron chi connectivity index (χ0n) is 33.8. The van der Waals surface area contributed by atoms with Crippen LogP contribution in [0.2, 0.25) is 0 Å². The smallest absolute Gasteiger partial charge is 1.00 e. The third-order valence-electron chi connectivity index (χ3n) is 6.67. The van der Waals surface area contributed by atoms with Crippen LogP contribution in [0.3, 0.4) is 0 Å². The molecular formula is C41H56AlBr4LiO7S4. The van der Waals surface area contributed by atoms with Crippen LogP contribution in [0.1, 0.15) is 50.4 Å². The van der Waals surface area contributed by atoms with Crippen LogP contribution in [0.25, 0.3) is 0 Å². The molecule has 0 amide bonds. The van der Waals surface area contributed by atoms with Crippen LogP contribution in [0.15, 0.2) is 115 Å². The first-order valence-electron chi connectivity index (χ1n) is 17.5. The summed E-state index contributed by atoms with van der Waals surface area (Å²) in [6.07, 6.45) is 6.95. The van der Waals surface area contributed by atoms with E-state index in [0.29, 0.717) is 6.42 Å². The summed E-state index contributed by atoms with van der Waals surface area (Å²) in [6, 6.07) is 32.2. The Morgan fingerprint density at radius 1 is 0.707 bits per heavy atom. The molecule has 0 radical (unpaired) electrons. The number of benzene rings is 4. The summed E-state index contributed by atoms with van der Waals surface area (Å²) < 4.78 is 35.2. The number of thioether (sulfide) groups is 1. The molecule has 0 atom stereocenters. The molecule has 318 valence electrons. The largest absolute Gasteiger partial charge is 1.00 e. The number of aliphatic hydroxyl groups is 1. The van der Waals surface area contributed by atoms with E-state index in [2.05, 4.69) is 130 Å². The molecule has 1 aliphatic heterocycles. The monoisotopic (exact) mass is 1140 g/mol. The molecule has 1 fully saturated rings. The minimum atomic E-state index is -3.31. The van der Waals surface area contributed by atoms with Gasteiger partial charge in [-0.15, -0.1) is 12.6 Å². The number of halogens is 4. The van der Waals surface area contributed by atoms with Gasteiger partial charge in [-0.2, -0.15) is 21.0 Å². The van der Waals surface area contributed by atoms with E-state index in [1.807, 2.05) is 60.7 Å².